The van der Waals surface area contributed by atoms with E-state index in [4.69, 9.17) is 9.94 Å². The molecular weight excluding hydrogens is 246 g/mol. The molecule has 0 unspecified atom stereocenters. The van der Waals surface area contributed by atoms with Crippen molar-refractivity contribution >= 4 is 11.8 Å². The lowest BCUT2D eigenvalue weighted by molar-refractivity contribution is 0.139. The fourth-order valence-electron chi connectivity index (χ4n) is 1.92. The van der Waals surface area contributed by atoms with Crippen molar-refractivity contribution in [3.05, 3.63) is 35.9 Å². The summed E-state index contributed by atoms with van der Waals surface area (Å²) in [6, 6.07) is 9.48. The van der Waals surface area contributed by atoms with E-state index in [0.717, 1.165) is 5.56 Å². The quantitative estimate of drug-likeness (QED) is 0.558. The number of hydrogen-bond donors (Lipinski definition) is 3. The van der Waals surface area contributed by atoms with Crippen LogP contribution in [0, 0.1) is 5.92 Å². The summed E-state index contributed by atoms with van der Waals surface area (Å²) in [5, 5.41) is 17.7. The average Bonchev–Trinajstić information content (AvgIpc) is 2.91. The van der Waals surface area contributed by atoms with Crippen LogP contribution < -0.4 is 10.6 Å². The number of carbonyl (C=O) groups excluding carboxylic acids is 1. The molecule has 6 nitrogen and oxygen atoms in total. The smallest absolute Gasteiger partial charge is 0.407 e. The largest absolute Gasteiger partial charge is 0.445 e. The van der Waals surface area contributed by atoms with Crippen LogP contribution >= 0.6 is 0 Å². The Morgan fingerprint density at radius 1 is 1.47 bits per heavy atom. The Labute approximate surface area is 111 Å². The fraction of sp³-hybridized carbons (Fsp3) is 0.385. The summed E-state index contributed by atoms with van der Waals surface area (Å²) in [5.41, 5.74) is 1.60. The molecule has 1 heterocycles. The van der Waals surface area contributed by atoms with E-state index in [1.165, 1.54) is 0 Å². The standard InChI is InChI=1S/C13H17N3O3/c17-13(19-9-10-4-2-1-3-5-10)15-7-11-6-14-8-12(11)16-18/h1-5,11,14,18H,6-9H2,(H,15,17)/t11-/m1/s1. The van der Waals surface area contributed by atoms with Crippen LogP contribution in [0.5, 0.6) is 0 Å². The lowest BCUT2D eigenvalue weighted by Gasteiger charge is -2.11. The highest BCUT2D eigenvalue weighted by Crippen LogP contribution is 2.04. The van der Waals surface area contributed by atoms with E-state index < -0.39 is 6.09 Å². The zero-order valence-electron chi connectivity index (χ0n) is 10.5. The van der Waals surface area contributed by atoms with Crippen LogP contribution in [-0.4, -0.2) is 36.6 Å². The van der Waals surface area contributed by atoms with Crippen LogP contribution in [0.1, 0.15) is 5.56 Å². The maximum absolute atomic E-state index is 11.5. The van der Waals surface area contributed by atoms with E-state index in [2.05, 4.69) is 15.8 Å². The minimum absolute atomic E-state index is 0.0225. The van der Waals surface area contributed by atoms with Crippen LogP contribution in [0.4, 0.5) is 4.79 Å². The van der Waals surface area contributed by atoms with Crippen molar-refractivity contribution in [2.24, 2.45) is 11.1 Å². The van der Waals surface area contributed by atoms with Gasteiger partial charge in [0.1, 0.15) is 6.61 Å². The van der Waals surface area contributed by atoms with Crippen molar-refractivity contribution in [2.75, 3.05) is 19.6 Å². The van der Waals surface area contributed by atoms with Gasteiger partial charge in [-0.15, -0.1) is 0 Å². The van der Waals surface area contributed by atoms with Crippen LogP contribution in [0.15, 0.2) is 35.5 Å². The van der Waals surface area contributed by atoms with Crippen LogP contribution in [-0.2, 0) is 11.3 Å². The molecule has 1 saturated heterocycles. The number of hydrogen-bond acceptors (Lipinski definition) is 5. The Balaban J connectivity index is 1.70. The molecule has 0 radical (unpaired) electrons. The van der Waals surface area contributed by atoms with Crippen molar-refractivity contribution in [2.45, 2.75) is 6.61 Å². The molecule has 1 amide bonds. The topological polar surface area (TPSA) is 83.0 Å². The van der Waals surface area contributed by atoms with Gasteiger partial charge in [0.25, 0.3) is 0 Å². The number of nitrogens with zero attached hydrogens (tertiary/aromatic N) is 1. The maximum Gasteiger partial charge on any atom is 0.407 e. The second-order valence-corrected chi connectivity index (χ2v) is 4.36. The Morgan fingerprint density at radius 3 is 3.00 bits per heavy atom. The van der Waals surface area contributed by atoms with Gasteiger partial charge in [-0.25, -0.2) is 4.79 Å². The van der Waals surface area contributed by atoms with Crippen LogP contribution in [0.3, 0.4) is 0 Å². The summed E-state index contributed by atoms with van der Waals surface area (Å²) in [7, 11) is 0. The number of carbonyl (C=O) groups is 1. The van der Waals surface area contributed by atoms with E-state index in [1.54, 1.807) is 0 Å². The zero-order valence-corrected chi connectivity index (χ0v) is 10.5. The van der Waals surface area contributed by atoms with Gasteiger partial charge in [0.2, 0.25) is 0 Å². The van der Waals surface area contributed by atoms with E-state index >= 15 is 0 Å². The van der Waals surface area contributed by atoms with E-state index in [0.29, 0.717) is 25.3 Å². The van der Waals surface area contributed by atoms with Crippen molar-refractivity contribution in [1.82, 2.24) is 10.6 Å². The molecule has 0 aliphatic carbocycles. The van der Waals surface area contributed by atoms with Gasteiger partial charge in [-0.3, -0.25) is 0 Å². The summed E-state index contributed by atoms with van der Waals surface area (Å²) in [5.74, 6) is 0.0225. The molecule has 3 N–H and O–H groups in total. The summed E-state index contributed by atoms with van der Waals surface area (Å²) in [4.78, 5) is 11.5. The molecule has 6 heteroatoms. The number of alkyl carbamates (subject to hydrolysis) is 1. The molecule has 0 spiro atoms. The monoisotopic (exact) mass is 263 g/mol. The first-order valence-corrected chi connectivity index (χ1v) is 6.15. The molecule has 1 atom stereocenters. The summed E-state index contributed by atoms with van der Waals surface area (Å²) in [6.45, 7) is 1.90. The molecule has 1 aliphatic rings. The number of nitrogens with one attached hydrogen (secondary N) is 2. The van der Waals surface area contributed by atoms with Crippen LogP contribution in [0.2, 0.25) is 0 Å². The highest BCUT2D eigenvalue weighted by atomic mass is 16.5. The molecule has 0 aromatic heterocycles. The minimum atomic E-state index is -0.465. The lowest BCUT2D eigenvalue weighted by atomic mass is 10.1. The van der Waals surface area contributed by atoms with Gasteiger partial charge in [0.15, 0.2) is 0 Å². The molecule has 1 aromatic rings. The normalized spacial score (nSPS) is 20.4. The first-order valence-electron chi connectivity index (χ1n) is 6.15. The second kappa shape index (κ2) is 6.75. The van der Waals surface area contributed by atoms with Gasteiger partial charge < -0.3 is 20.6 Å². The van der Waals surface area contributed by atoms with Crippen molar-refractivity contribution < 1.29 is 14.7 Å². The number of ether oxygens (including phenoxy) is 1. The predicted octanol–water partition coefficient (Wildman–Crippen LogP) is 0.962. The summed E-state index contributed by atoms with van der Waals surface area (Å²) in [6.07, 6.45) is -0.465. The molecule has 102 valence electrons. The number of amides is 1. The zero-order chi connectivity index (χ0) is 13.5. The van der Waals surface area contributed by atoms with Gasteiger partial charge in [-0.2, -0.15) is 0 Å². The molecule has 2 rings (SSSR count). The van der Waals surface area contributed by atoms with E-state index in [1.807, 2.05) is 30.3 Å². The van der Waals surface area contributed by atoms with E-state index in [-0.39, 0.29) is 12.5 Å². The Morgan fingerprint density at radius 2 is 2.26 bits per heavy atom. The third-order valence-corrected chi connectivity index (χ3v) is 3.00. The highest BCUT2D eigenvalue weighted by Gasteiger charge is 2.23. The van der Waals surface area contributed by atoms with Crippen molar-refractivity contribution in [3.8, 4) is 0 Å². The molecule has 19 heavy (non-hydrogen) atoms. The number of rotatable bonds is 4. The number of oxime groups is 1. The van der Waals surface area contributed by atoms with Gasteiger partial charge in [0, 0.05) is 25.6 Å². The summed E-state index contributed by atoms with van der Waals surface area (Å²) < 4.78 is 5.08. The van der Waals surface area contributed by atoms with Gasteiger partial charge in [-0.1, -0.05) is 35.5 Å². The summed E-state index contributed by atoms with van der Waals surface area (Å²) >= 11 is 0. The third kappa shape index (κ3) is 3.96. The molecular formula is C13H17N3O3. The first-order chi connectivity index (χ1) is 9.29. The Bertz CT molecular complexity index is 448. The SMILES string of the molecule is O=C(NC[C@H]1CNCC1=NO)OCc1ccccc1. The first kappa shape index (κ1) is 13.4. The fourth-order valence-corrected chi connectivity index (χ4v) is 1.92. The Hall–Kier alpha value is -2.08. The Kier molecular flexibility index (Phi) is 4.74. The van der Waals surface area contributed by atoms with Crippen molar-refractivity contribution in [1.29, 1.82) is 0 Å². The molecule has 1 aromatic carbocycles. The average molecular weight is 263 g/mol. The predicted molar refractivity (Wildman–Crippen MR) is 70.2 cm³/mol. The molecule has 0 saturated carbocycles. The molecule has 1 fully saturated rings. The van der Waals surface area contributed by atoms with E-state index in [9.17, 15) is 4.79 Å². The third-order valence-electron chi connectivity index (χ3n) is 3.00. The van der Waals surface area contributed by atoms with Gasteiger partial charge in [0.05, 0.1) is 5.71 Å². The highest BCUT2D eigenvalue weighted by molar-refractivity contribution is 5.90. The second-order valence-electron chi connectivity index (χ2n) is 4.36. The van der Waals surface area contributed by atoms with Crippen molar-refractivity contribution in [3.63, 3.8) is 0 Å². The molecule has 0 bridgehead atoms. The maximum atomic E-state index is 11.5. The lowest BCUT2D eigenvalue weighted by Crippen LogP contribution is -2.33. The van der Waals surface area contributed by atoms with Gasteiger partial charge >= 0.3 is 6.09 Å². The minimum Gasteiger partial charge on any atom is -0.445 e. The van der Waals surface area contributed by atoms with Gasteiger partial charge in [-0.05, 0) is 5.56 Å². The number of benzene rings is 1. The molecule has 1 aliphatic heterocycles. The van der Waals surface area contributed by atoms with Crippen LogP contribution in [0.25, 0.3) is 0 Å².